The zero-order valence-corrected chi connectivity index (χ0v) is 9.07. The monoisotopic (exact) mass is 237 g/mol. The van der Waals surface area contributed by atoms with Crippen molar-refractivity contribution in [2.45, 2.75) is 13.1 Å². The molecule has 1 aromatic carbocycles. The van der Waals surface area contributed by atoms with Crippen LogP contribution in [0.4, 0.5) is 9.18 Å². The molecule has 90 valence electrons. The summed E-state index contributed by atoms with van der Waals surface area (Å²) in [6.45, 7) is 0.276. The lowest BCUT2D eigenvalue weighted by Gasteiger charge is -2.13. The molecule has 0 saturated carbocycles. The summed E-state index contributed by atoms with van der Waals surface area (Å²) >= 11 is 0. The topological polar surface area (TPSA) is 75.4 Å². The number of rotatable bonds is 3. The Morgan fingerprint density at radius 3 is 2.59 bits per heavy atom. The Morgan fingerprint density at radius 2 is 2.00 bits per heavy atom. The van der Waals surface area contributed by atoms with Crippen molar-refractivity contribution in [3.05, 3.63) is 35.1 Å². The van der Waals surface area contributed by atoms with Crippen LogP contribution < -0.4 is 11.1 Å². The van der Waals surface area contributed by atoms with Crippen LogP contribution in [0.25, 0.3) is 0 Å². The zero-order chi connectivity index (χ0) is 12.4. The highest BCUT2D eigenvalue weighted by atomic mass is 19.1. The molecule has 1 fully saturated rings. The van der Waals surface area contributed by atoms with E-state index in [1.54, 1.807) is 6.07 Å². The van der Waals surface area contributed by atoms with Crippen molar-refractivity contribution in [2.75, 3.05) is 6.54 Å². The molecular formula is C11H12FN3O2. The Bertz CT molecular complexity index is 460. The molecule has 3 amide bonds. The van der Waals surface area contributed by atoms with Crippen LogP contribution in [0.15, 0.2) is 18.2 Å². The van der Waals surface area contributed by atoms with E-state index in [0.717, 1.165) is 4.90 Å². The molecule has 0 unspecified atom stereocenters. The Kier molecular flexibility index (Phi) is 3.06. The predicted molar refractivity (Wildman–Crippen MR) is 58.2 cm³/mol. The second kappa shape index (κ2) is 4.50. The summed E-state index contributed by atoms with van der Waals surface area (Å²) in [5.74, 6) is -0.733. The van der Waals surface area contributed by atoms with Gasteiger partial charge in [0.05, 0.1) is 13.1 Å². The van der Waals surface area contributed by atoms with Gasteiger partial charge in [-0.05, 0) is 23.3 Å². The summed E-state index contributed by atoms with van der Waals surface area (Å²) in [7, 11) is 0. The third kappa shape index (κ3) is 2.42. The van der Waals surface area contributed by atoms with Crippen LogP contribution in [0.5, 0.6) is 0 Å². The smallest absolute Gasteiger partial charge is 0.324 e. The zero-order valence-electron chi connectivity index (χ0n) is 9.07. The molecule has 0 spiro atoms. The fourth-order valence-electron chi connectivity index (χ4n) is 1.72. The van der Waals surface area contributed by atoms with Crippen LogP contribution in [-0.4, -0.2) is 23.4 Å². The first kappa shape index (κ1) is 11.5. The number of nitrogens with two attached hydrogens (primary N) is 1. The van der Waals surface area contributed by atoms with Crippen LogP contribution in [-0.2, 0) is 17.9 Å². The molecule has 17 heavy (non-hydrogen) atoms. The molecule has 2 rings (SSSR count). The number of halogens is 1. The maximum atomic E-state index is 13.2. The SMILES string of the molecule is NCc1cc(F)cc(CN2C(=O)CNC2=O)c1. The molecule has 1 saturated heterocycles. The van der Waals surface area contributed by atoms with E-state index in [0.29, 0.717) is 11.1 Å². The summed E-state index contributed by atoms with van der Waals surface area (Å²) in [6.07, 6.45) is 0. The molecule has 5 nitrogen and oxygen atoms in total. The van der Waals surface area contributed by atoms with Gasteiger partial charge in [-0.1, -0.05) is 6.07 Å². The molecule has 0 aliphatic carbocycles. The highest BCUT2D eigenvalue weighted by molar-refractivity contribution is 6.01. The van der Waals surface area contributed by atoms with E-state index in [1.165, 1.54) is 12.1 Å². The van der Waals surface area contributed by atoms with Gasteiger partial charge in [-0.3, -0.25) is 9.69 Å². The van der Waals surface area contributed by atoms with Crippen molar-refractivity contribution in [3.63, 3.8) is 0 Å². The van der Waals surface area contributed by atoms with Gasteiger partial charge < -0.3 is 11.1 Å². The van der Waals surface area contributed by atoms with Gasteiger partial charge in [-0.25, -0.2) is 9.18 Å². The number of benzene rings is 1. The Balaban J connectivity index is 2.20. The summed E-state index contributed by atoms with van der Waals surface area (Å²) < 4.78 is 13.2. The standard InChI is InChI=1S/C11H12FN3O2/c12-9-2-7(4-13)1-8(3-9)6-15-10(16)5-14-11(15)17/h1-3H,4-6,13H2,(H,14,17). The third-order valence-corrected chi connectivity index (χ3v) is 2.53. The Labute approximate surface area is 97.4 Å². The molecular weight excluding hydrogens is 225 g/mol. The van der Waals surface area contributed by atoms with E-state index in [1.807, 2.05) is 0 Å². The number of amides is 3. The molecule has 0 radical (unpaired) electrons. The summed E-state index contributed by atoms with van der Waals surface area (Å²) in [4.78, 5) is 23.7. The quantitative estimate of drug-likeness (QED) is 0.744. The van der Waals surface area contributed by atoms with Gasteiger partial charge in [-0.15, -0.1) is 0 Å². The second-order valence-corrected chi connectivity index (χ2v) is 3.81. The minimum Gasteiger partial charge on any atom is -0.329 e. The van der Waals surface area contributed by atoms with E-state index < -0.39 is 11.8 Å². The number of hydrogen-bond donors (Lipinski definition) is 2. The van der Waals surface area contributed by atoms with Crippen molar-refractivity contribution in [1.29, 1.82) is 0 Å². The van der Waals surface area contributed by atoms with Gasteiger partial charge in [-0.2, -0.15) is 0 Å². The number of carbonyl (C=O) groups excluding carboxylic acids is 2. The molecule has 0 aromatic heterocycles. The minimum atomic E-state index is -0.450. The van der Waals surface area contributed by atoms with E-state index >= 15 is 0 Å². The average molecular weight is 237 g/mol. The fraction of sp³-hybridized carbons (Fsp3) is 0.273. The Morgan fingerprint density at radius 1 is 1.29 bits per heavy atom. The predicted octanol–water partition coefficient (Wildman–Crippen LogP) is 0.336. The maximum Gasteiger partial charge on any atom is 0.324 e. The number of nitrogens with one attached hydrogen (secondary N) is 1. The van der Waals surface area contributed by atoms with Gasteiger partial charge in [0.15, 0.2) is 0 Å². The summed E-state index contributed by atoms with van der Waals surface area (Å²) in [5, 5.41) is 2.40. The number of carbonyl (C=O) groups is 2. The Hall–Kier alpha value is -1.95. The van der Waals surface area contributed by atoms with Crippen molar-refractivity contribution in [3.8, 4) is 0 Å². The van der Waals surface area contributed by atoms with Crippen LogP contribution in [0.3, 0.4) is 0 Å². The lowest BCUT2D eigenvalue weighted by molar-refractivity contribution is -0.125. The van der Waals surface area contributed by atoms with Gasteiger partial charge in [0.2, 0.25) is 5.91 Å². The first-order valence-electron chi connectivity index (χ1n) is 5.17. The lowest BCUT2D eigenvalue weighted by atomic mass is 10.1. The van der Waals surface area contributed by atoms with Crippen LogP contribution in [0, 0.1) is 5.82 Å². The van der Waals surface area contributed by atoms with Gasteiger partial charge >= 0.3 is 6.03 Å². The minimum absolute atomic E-state index is 0.00209. The number of imide groups is 1. The number of hydrogen-bond acceptors (Lipinski definition) is 3. The van der Waals surface area contributed by atoms with E-state index in [2.05, 4.69) is 5.32 Å². The van der Waals surface area contributed by atoms with E-state index in [9.17, 15) is 14.0 Å². The number of urea groups is 1. The third-order valence-electron chi connectivity index (χ3n) is 2.53. The summed E-state index contributed by atoms with van der Waals surface area (Å²) in [5.41, 5.74) is 6.61. The van der Waals surface area contributed by atoms with Crippen LogP contribution >= 0.6 is 0 Å². The highest BCUT2D eigenvalue weighted by Gasteiger charge is 2.28. The van der Waals surface area contributed by atoms with E-state index in [-0.39, 0.29) is 25.5 Å². The molecule has 1 heterocycles. The maximum absolute atomic E-state index is 13.2. The van der Waals surface area contributed by atoms with Gasteiger partial charge in [0.25, 0.3) is 0 Å². The first-order valence-corrected chi connectivity index (χ1v) is 5.17. The van der Waals surface area contributed by atoms with Gasteiger partial charge in [0, 0.05) is 6.54 Å². The fourth-order valence-corrected chi connectivity index (χ4v) is 1.72. The normalized spacial score (nSPS) is 15.3. The molecule has 0 atom stereocenters. The molecule has 1 aliphatic heterocycles. The van der Waals surface area contributed by atoms with Crippen molar-refractivity contribution >= 4 is 11.9 Å². The van der Waals surface area contributed by atoms with Crippen molar-refractivity contribution in [2.24, 2.45) is 5.73 Å². The largest absolute Gasteiger partial charge is 0.329 e. The molecule has 6 heteroatoms. The molecule has 0 bridgehead atoms. The summed E-state index contributed by atoms with van der Waals surface area (Å²) in [6, 6.07) is 3.85. The molecule has 1 aliphatic rings. The number of nitrogens with zero attached hydrogens (tertiary/aromatic N) is 1. The molecule has 3 N–H and O–H groups in total. The van der Waals surface area contributed by atoms with Gasteiger partial charge in [0.1, 0.15) is 5.82 Å². The first-order chi connectivity index (χ1) is 8.10. The van der Waals surface area contributed by atoms with Crippen LogP contribution in [0.1, 0.15) is 11.1 Å². The lowest BCUT2D eigenvalue weighted by Crippen LogP contribution is -2.30. The van der Waals surface area contributed by atoms with Crippen LogP contribution in [0.2, 0.25) is 0 Å². The molecule has 1 aromatic rings. The van der Waals surface area contributed by atoms with Crippen molar-refractivity contribution < 1.29 is 14.0 Å². The highest BCUT2D eigenvalue weighted by Crippen LogP contribution is 2.13. The second-order valence-electron chi connectivity index (χ2n) is 3.81. The average Bonchev–Trinajstić information content (AvgIpc) is 2.60. The van der Waals surface area contributed by atoms with Crippen molar-refractivity contribution in [1.82, 2.24) is 10.2 Å². The van der Waals surface area contributed by atoms with E-state index in [4.69, 9.17) is 5.73 Å².